The van der Waals surface area contributed by atoms with E-state index in [2.05, 4.69) is 31.6 Å². The normalized spacial score (nSPS) is 11.2. The molecule has 0 aliphatic rings. The maximum Gasteiger partial charge on any atom is 0.373 e. The Hall–Kier alpha value is -2.23. The molecule has 0 fully saturated rings. The van der Waals surface area contributed by atoms with Crippen LogP contribution in [0, 0.1) is 0 Å². The monoisotopic (exact) mass is 288 g/mol. The fraction of sp³-hybridized carbons (Fsp3) is 0.353. The van der Waals surface area contributed by atoms with E-state index < -0.39 is 5.97 Å². The van der Waals surface area contributed by atoms with Crippen molar-refractivity contribution in [3.63, 3.8) is 0 Å². The van der Waals surface area contributed by atoms with E-state index in [1.165, 1.54) is 12.7 Å². The van der Waals surface area contributed by atoms with Crippen LogP contribution >= 0.6 is 0 Å². The topological polar surface area (TPSA) is 48.7 Å². The Morgan fingerprint density at radius 3 is 2.62 bits per heavy atom. The lowest BCUT2D eigenvalue weighted by Crippen LogP contribution is -2.10. The molecule has 0 saturated heterocycles. The Balaban J connectivity index is 2.03. The molecule has 1 heterocycles. The van der Waals surface area contributed by atoms with Crippen LogP contribution in [-0.4, -0.2) is 13.1 Å². The smallest absolute Gasteiger partial charge is 0.373 e. The molecule has 0 unspecified atom stereocenters. The quantitative estimate of drug-likeness (QED) is 0.799. The molecular formula is C17H20O4. The summed E-state index contributed by atoms with van der Waals surface area (Å²) in [7, 11) is 1.32. The van der Waals surface area contributed by atoms with Gasteiger partial charge in [-0.15, -0.1) is 0 Å². The van der Waals surface area contributed by atoms with Gasteiger partial charge < -0.3 is 13.9 Å². The summed E-state index contributed by atoms with van der Waals surface area (Å²) < 4.78 is 15.7. The number of rotatable bonds is 4. The summed E-state index contributed by atoms with van der Waals surface area (Å²) in [6, 6.07) is 11.3. The average Bonchev–Trinajstić information content (AvgIpc) is 2.92. The van der Waals surface area contributed by atoms with Crippen molar-refractivity contribution in [2.24, 2.45) is 0 Å². The molecule has 2 aromatic rings. The van der Waals surface area contributed by atoms with Gasteiger partial charge in [-0.2, -0.15) is 0 Å². The first kappa shape index (κ1) is 15.2. The van der Waals surface area contributed by atoms with Gasteiger partial charge in [0, 0.05) is 0 Å². The van der Waals surface area contributed by atoms with Crippen LogP contribution in [-0.2, 0) is 16.8 Å². The van der Waals surface area contributed by atoms with Crippen molar-refractivity contribution in [3.05, 3.63) is 53.5 Å². The third kappa shape index (κ3) is 3.88. The number of methoxy groups -OCH3 is 1. The fourth-order valence-corrected chi connectivity index (χ4v) is 1.87. The van der Waals surface area contributed by atoms with Crippen molar-refractivity contribution in [3.8, 4) is 5.75 Å². The third-order valence-corrected chi connectivity index (χ3v) is 3.13. The minimum absolute atomic E-state index is 0.0715. The first-order chi connectivity index (χ1) is 9.90. The fourth-order valence-electron chi connectivity index (χ4n) is 1.87. The van der Waals surface area contributed by atoms with Crippen LogP contribution in [0.15, 0.2) is 40.8 Å². The molecule has 2 rings (SSSR count). The Morgan fingerprint density at radius 2 is 1.95 bits per heavy atom. The van der Waals surface area contributed by atoms with Gasteiger partial charge in [0.05, 0.1) is 7.11 Å². The van der Waals surface area contributed by atoms with E-state index in [4.69, 9.17) is 9.15 Å². The van der Waals surface area contributed by atoms with Crippen LogP contribution in [0.25, 0.3) is 0 Å². The van der Waals surface area contributed by atoms with Crippen LogP contribution in [0.4, 0.5) is 0 Å². The van der Waals surface area contributed by atoms with E-state index in [1.54, 1.807) is 12.1 Å². The minimum Gasteiger partial charge on any atom is -0.486 e. The van der Waals surface area contributed by atoms with Crippen LogP contribution < -0.4 is 4.74 Å². The molecule has 0 amide bonds. The molecule has 4 heteroatoms. The highest BCUT2D eigenvalue weighted by molar-refractivity contribution is 5.86. The molecule has 1 aromatic heterocycles. The van der Waals surface area contributed by atoms with E-state index in [0.29, 0.717) is 5.76 Å². The number of benzene rings is 1. The number of ether oxygens (including phenoxy) is 2. The van der Waals surface area contributed by atoms with Crippen molar-refractivity contribution in [1.82, 2.24) is 0 Å². The van der Waals surface area contributed by atoms with E-state index in [0.717, 1.165) is 5.75 Å². The zero-order valence-electron chi connectivity index (χ0n) is 12.8. The summed E-state index contributed by atoms with van der Waals surface area (Å²) >= 11 is 0. The Bertz CT molecular complexity index is 620. The van der Waals surface area contributed by atoms with Crippen LogP contribution in [0.3, 0.4) is 0 Å². The lowest BCUT2D eigenvalue weighted by Gasteiger charge is -2.19. The van der Waals surface area contributed by atoms with Gasteiger partial charge in [-0.1, -0.05) is 32.9 Å². The van der Waals surface area contributed by atoms with Crippen LogP contribution in [0.2, 0.25) is 0 Å². The highest BCUT2D eigenvalue weighted by Gasteiger charge is 2.14. The Morgan fingerprint density at radius 1 is 1.19 bits per heavy atom. The molecule has 21 heavy (non-hydrogen) atoms. The molecule has 0 spiro atoms. The zero-order valence-corrected chi connectivity index (χ0v) is 12.8. The van der Waals surface area contributed by atoms with Gasteiger partial charge in [0.15, 0.2) is 0 Å². The van der Waals surface area contributed by atoms with Crippen LogP contribution in [0.1, 0.15) is 42.6 Å². The molecular weight excluding hydrogens is 268 g/mol. The number of esters is 1. The molecule has 112 valence electrons. The summed E-state index contributed by atoms with van der Waals surface area (Å²) in [5.41, 5.74) is 1.27. The Labute approximate surface area is 124 Å². The number of hydrogen-bond acceptors (Lipinski definition) is 4. The maximum absolute atomic E-state index is 11.3. The predicted molar refractivity (Wildman–Crippen MR) is 79.5 cm³/mol. The molecule has 4 nitrogen and oxygen atoms in total. The molecule has 0 radical (unpaired) electrons. The van der Waals surface area contributed by atoms with E-state index in [9.17, 15) is 4.79 Å². The van der Waals surface area contributed by atoms with Gasteiger partial charge in [0.1, 0.15) is 18.1 Å². The molecule has 0 N–H and O–H groups in total. The highest BCUT2D eigenvalue weighted by Crippen LogP contribution is 2.26. The molecule has 0 atom stereocenters. The highest BCUT2D eigenvalue weighted by atomic mass is 16.5. The first-order valence-electron chi connectivity index (χ1n) is 6.80. The van der Waals surface area contributed by atoms with E-state index in [1.807, 2.05) is 18.2 Å². The average molecular weight is 288 g/mol. The SMILES string of the molecule is COC(=O)c1ccc(COc2cccc(C(C)(C)C)c2)o1. The van der Waals surface area contributed by atoms with Crippen molar-refractivity contribution < 1.29 is 18.7 Å². The number of hydrogen-bond donors (Lipinski definition) is 0. The second-order valence-corrected chi connectivity index (χ2v) is 5.82. The van der Waals surface area contributed by atoms with Gasteiger partial charge in [0.2, 0.25) is 5.76 Å². The molecule has 1 aromatic carbocycles. The Kier molecular flexibility index (Phi) is 4.36. The van der Waals surface area contributed by atoms with Gasteiger partial charge in [0.25, 0.3) is 0 Å². The van der Waals surface area contributed by atoms with Crippen molar-refractivity contribution in [1.29, 1.82) is 0 Å². The van der Waals surface area contributed by atoms with Crippen LogP contribution in [0.5, 0.6) is 5.75 Å². The second kappa shape index (κ2) is 6.04. The summed E-state index contributed by atoms with van der Waals surface area (Å²) in [6.45, 7) is 6.73. The summed E-state index contributed by atoms with van der Waals surface area (Å²) in [5.74, 6) is 1.05. The maximum atomic E-state index is 11.3. The summed E-state index contributed by atoms with van der Waals surface area (Å²) in [5, 5.41) is 0. The van der Waals surface area contributed by atoms with E-state index >= 15 is 0 Å². The summed E-state index contributed by atoms with van der Waals surface area (Å²) in [4.78, 5) is 11.3. The third-order valence-electron chi connectivity index (χ3n) is 3.13. The standard InChI is InChI=1S/C17H20O4/c1-17(2,3)12-6-5-7-13(10-12)20-11-14-8-9-15(21-14)16(18)19-4/h5-10H,11H2,1-4H3. The summed E-state index contributed by atoms with van der Waals surface area (Å²) in [6.07, 6.45) is 0. The number of carbonyl (C=O) groups is 1. The van der Waals surface area contributed by atoms with E-state index in [-0.39, 0.29) is 17.8 Å². The zero-order chi connectivity index (χ0) is 15.5. The molecule has 0 saturated carbocycles. The van der Waals surface area contributed by atoms with Gasteiger partial charge in [-0.05, 0) is 35.2 Å². The van der Waals surface area contributed by atoms with Gasteiger partial charge >= 0.3 is 5.97 Å². The lowest BCUT2D eigenvalue weighted by molar-refractivity contribution is 0.0561. The minimum atomic E-state index is -0.490. The molecule has 0 bridgehead atoms. The number of carbonyl (C=O) groups excluding carboxylic acids is 1. The second-order valence-electron chi connectivity index (χ2n) is 5.82. The van der Waals surface area contributed by atoms with Crippen molar-refractivity contribution in [2.45, 2.75) is 32.8 Å². The first-order valence-corrected chi connectivity index (χ1v) is 6.80. The van der Waals surface area contributed by atoms with Crippen molar-refractivity contribution in [2.75, 3.05) is 7.11 Å². The predicted octanol–water partition coefficient (Wildman–Crippen LogP) is 3.94. The molecule has 0 aliphatic carbocycles. The molecule has 0 aliphatic heterocycles. The van der Waals surface area contributed by atoms with Crippen molar-refractivity contribution >= 4 is 5.97 Å². The van der Waals surface area contributed by atoms with Gasteiger partial charge in [-0.3, -0.25) is 0 Å². The largest absolute Gasteiger partial charge is 0.486 e. The number of furan rings is 1. The lowest BCUT2D eigenvalue weighted by atomic mass is 9.87. The van der Waals surface area contributed by atoms with Gasteiger partial charge in [-0.25, -0.2) is 4.79 Å².